The summed E-state index contributed by atoms with van der Waals surface area (Å²) in [6.07, 6.45) is -4.41. The molecule has 1 aromatic carbocycles. The third-order valence-corrected chi connectivity index (χ3v) is 4.70. The number of rotatable bonds is 6. The average molecular weight is 413 g/mol. The fourth-order valence-electron chi connectivity index (χ4n) is 3.23. The smallest absolute Gasteiger partial charge is 0.357 e. The molecule has 1 aliphatic heterocycles. The summed E-state index contributed by atoms with van der Waals surface area (Å²) >= 11 is 0. The first kappa shape index (κ1) is 23.0. The van der Waals surface area contributed by atoms with E-state index in [1.165, 1.54) is 11.1 Å². The molecule has 0 saturated carbocycles. The molecule has 0 aromatic heterocycles. The molecular weight excluding hydrogens is 383 g/mol. The van der Waals surface area contributed by atoms with Gasteiger partial charge in [-0.15, -0.1) is 0 Å². The third kappa shape index (κ3) is 7.92. The van der Waals surface area contributed by atoms with Crippen LogP contribution >= 0.6 is 0 Å². The van der Waals surface area contributed by atoms with Crippen LogP contribution in [0.2, 0.25) is 0 Å². The van der Waals surface area contributed by atoms with E-state index in [1.807, 2.05) is 11.8 Å². The highest BCUT2D eigenvalue weighted by atomic mass is 19.4. The lowest BCUT2D eigenvalue weighted by atomic mass is 10.1. The van der Waals surface area contributed by atoms with Crippen molar-refractivity contribution in [3.63, 3.8) is 0 Å². The van der Waals surface area contributed by atoms with E-state index in [0.717, 1.165) is 39.8 Å². The van der Waals surface area contributed by atoms with Gasteiger partial charge in [0.1, 0.15) is 13.1 Å². The minimum Gasteiger partial charge on any atom is -0.357 e. The Morgan fingerprint density at radius 2 is 1.93 bits per heavy atom. The summed E-state index contributed by atoms with van der Waals surface area (Å²) in [7, 11) is 1.14. The van der Waals surface area contributed by atoms with E-state index < -0.39 is 18.6 Å². The Labute approximate surface area is 170 Å². The monoisotopic (exact) mass is 413 g/mol. The van der Waals surface area contributed by atoms with Crippen molar-refractivity contribution in [2.24, 2.45) is 4.99 Å². The van der Waals surface area contributed by atoms with Gasteiger partial charge >= 0.3 is 6.18 Å². The molecular formula is C20H30F3N5O. The first-order valence-electron chi connectivity index (χ1n) is 9.80. The van der Waals surface area contributed by atoms with Crippen LogP contribution in [0.5, 0.6) is 0 Å². The molecule has 1 aromatic rings. The molecule has 162 valence electrons. The molecule has 1 saturated heterocycles. The Hall–Kier alpha value is -2.29. The van der Waals surface area contributed by atoms with Crippen LogP contribution in [-0.4, -0.2) is 85.6 Å². The molecule has 9 heteroatoms. The minimum atomic E-state index is -4.41. The highest BCUT2D eigenvalue weighted by Gasteiger charge is 2.31. The van der Waals surface area contributed by atoms with Crippen LogP contribution in [0.3, 0.4) is 0 Å². The van der Waals surface area contributed by atoms with Gasteiger partial charge in [-0.1, -0.05) is 29.8 Å². The van der Waals surface area contributed by atoms with Crippen molar-refractivity contribution in [1.82, 2.24) is 20.0 Å². The van der Waals surface area contributed by atoms with Crippen LogP contribution in [0.25, 0.3) is 0 Å². The van der Waals surface area contributed by atoms with Crippen LogP contribution < -0.4 is 5.32 Å². The molecule has 0 atom stereocenters. The van der Waals surface area contributed by atoms with Crippen LogP contribution in [0.1, 0.15) is 18.1 Å². The molecule has 2 rings (SSSR count). The summed E-state index contributed by atoms with van der Waals surface area (Å²) in [5.41, 5.74) is 2.51. The van der Waals surface area contributed by atoms with Gasteiger partial charge in [0, 0.05) is 46.3 Å². The zero-order valence-corrected chi connectivity index (χ0v) is 17.3. The van der Waals surface area contributed by atoms with Crippen LogP contribution in [0.15, 0.2) is 29.3 Å². The first-order valence-corrected chi connectivity index (χ1v) is 9.80. The van der Waals surface area contributed by atoms with E-state index in [2.05, 4.69) is 46.4 Å². The van der Waals surface area contributed by atoms with Gasteiger partial charge in [-0.3, -0.25) is 9.69 Å². The number of hydrogen-bond donors (Lipinski definition) is 1. The summed E-state index contributed by atoms with van der Waals surface area (Å²) in [4.78, 5) is 21.3. The number of amides is 1. The standard InChI is InChI=1S/C20H30F3N5O/c1-4-24-19(25-13-18(29)26(3)15-20(21,22)23)28-10-8-27(9-11-28)14-17-7-5-6-16(2)12-17/h5-7,12H,4,8-11,13-15H2,1-3H3,(H,24,25). The lowest BCUT2D eigenvalue weighted by Gasteiger charge is -2.36. The van der Waals surface area contributed by atoms with Crippen LogP contribution in [0, 0.1) is 6.92 Å². The number of piperazine rings is 1. The number of carbonyl (C=O) groups excluding carboxylic acids is 1. The van der Waals surface area contributed by atoms with Crippen molar-refractivity contribution in [2.45, 2.75) is 26.6 Å². The number of hydrogen-bond acceptors (Lipinski definition) is 3. The molecule has 1 N–H and O–H groups in total. The van der Waals surface area contributed by atoms with Gasteiger partial charge < -0.3 is 15.1 Å². The number of aliphatic imine (C=N–C) groups is 1. The zero-order chi connectivity index (χ0) is 21.4. The van der Waals surface area contributed by atoms with Gasteiger partial charge in [0.2, 0.25) is 5.91 Å². The number of halogens is 3. The zero-order valence-electron chi connectivity index (χ0n) is 17.3. The largest absolute Gasteiger partial charge is 0.406 e. The van der Waals surface area contributed by atoms with E-state index in [-0.39, 0.29) is 6.54 Å². The van der Waals surface area contributed by atoms with Gasteiger partial charge in [-0.2, -0.15) is 13.2 Å². The Balaban J connectivity index is 1.89. The first-order chi connectivity index (χ1) is 13.7. The predicted octanol–water partition coefficient (Wildman–Crippen LogP) is 2.10. The molecule has 0 aliphatic carbocycles. The second-order valence-electron chi connectivity index (χ2n) is 7.29. The number of aryl methyl sites for hydroxylation is 1. The highest BCUT2D eigenvalue weighted by Crippen LogP contribution is 2.15. The fourth-order valence-corrected chi connectivity index (χ4v) is 3.23. The topological polar surface area (TPSA) is 51.2 Å². The maximum atomic E-state index is 12.4. The minimum absolute atomic E-state index is 0.307. The van der Waals surface area contributed by atoms with E-state index in [0.29, 0.717) is 17.4 Å². The van der Waals surface area contributed by atoms with Crippen molar-refractivity contribution >= 4 is 11.9 Å². The van der Waals surface area contributed by atoms with E-state index in [1.54, 1.807) is 0 Å². The third-order valence-electron chi connectivity index (χ3n) is 4.70. The predicted molar refractivity (Wildman–Crippen MR) is 108 cm³/mol. The van der Waals surface area contributed by atoms with Crippen molar-refractivity contribution in [3.8, 4) is 0 Å². The number of nitrogens with zero attached hydrogens (tertiary/aromatic N) is 4. The molecule has 1 aliphatic rings. The molecule has 1 amide bonds. The molecule has 1 fully saturated rings. The number of guanidine groups is 1. The number of nitrogens with one attached hydrogen (secondary N) is 1. The Morgan fingerprint density at radius 1 is 1.24 bits per heavy atom. The molecule has 0 spiro atoms. The van der Waals surface area contributed by atoms with Crippen molar-refractivity contribution in [2.75, 3.05) is 52.9 Å². The number of likely N-dealkylation sites (N-methyl/N-ethyl adjacent to an activating group) is 1. The van der Waals surface area contributed by atoms with Crippen molar-refractivity contribution < 1.29 is 18.0 Å². The summed E-state index contributed by atoms with van der Waals surface area (Å²) in [6, 6.07) is 8.44. The Bertz CT molecular complexity index is 700. The van der Waals surface area contributed by atoms with Gasteiger partial charge in [0.25, 0.3) is 0 Å². The normalized spacial score (nSPS) is 16.1. The van der Waals surface area contributed by atoms with Gasteiger partial charge in [0.05, 0.1) is 0 Å². The number of alkyl halides is 3. The molecule has 6 nitrogen and oxygen atoms in total. The molecule has 1 heterocycles. The summed E-state index contributed by atoms with van der Waals surface area (Å²) < 4.78 is 37.3. The SMILES string of the molecule is CCNC(=NCC(=O)N(C)CC(F)(F)F)N1CCN(Cc2cccc(C)c2)CC1. The highest BCUT2D eigenvalue weighted by molar-refractivity contribution is 5.85. The second kappa shape index (κ2) is 10.5. The number of carbonyl (C=O) groups is 1. The second-order valence-corrected chi connectivity index (χ2v) is 7.29. The van der Waals surface area contributed by atoms with Gasteiger partial charge in [0.15, 0.2) is 5.96 Å². The van der Waals surface area contributed by atoms with Crippen molar-refractivity contribution in [3.05, 3.63) is 35.4 Å². The van der Waals surface area contributed by atoms with Gasteiger partial charge in [-0.25, -0.2) is 4.99 Å². The molecule has 0 radical (unpaired) electrons. The maximum absolute atomic E-state index is 12.4. The van der Waals surface area contributed by atoms with E-state index in [4.69, 9.17) is 0 Å². The van der Waals surface area contributed by atoms with Gasteiger partial charge in [-0.05, 0) is 19.4 Å². The number of benzene rings is 1. The summed E-state index contributed by atoms with van der Waals surface area (Å²) in [6.45, 7) is 7.09. The quantitative estimate of drug-likeness (QED) is 0.573. The lowest BCUT2D eigenvalue weighted by Crippen LogP contribution is -2.52. The van der Waals surface area contributed by atoms with E-state index in [9.17, 15) is 18.0 Å². The van der Waals surface area contributed by atoms with Crippen molar-refractivity contribution in [1.29, 1.82) is 0 Å². The molecule has 0 unspecified atom stereocenters. The Kier molecular flexibility index (Phi) is 8.31. The maximum Gasteiger partial charge on any atom is 0.406 e. The molecule has 0 bridgehead atoms. The lowest BCUT2D eigenvalue weighted by molar-refractivity contribution is -0.157. The summed E-state index contributed by atoms with van der Waals surface area (Å²) in [5, 5.41) is 3.13. The fraction of sp³-hybridized carbons (Fsp3) is 0.600. The summed E-state index contributed by atoms with van der Waals surface area (Å²) in [5.74, 6) is -0.0905. The van der Waals surface area contributed by atoms with Crippen LogP contribution in [0.4, 0.5) is 13.2 Å². The Morgan fingerprint density at radius 3 is 2.52 bits per heavy atom. The van der Waals surface area contributed by atoms with E-state index >= 15 is 0 Å². The van der Waals surface area contributed by atoms with Crippen LogP contribution in [-0.2, 0) is 11.3 Å². The average Bonchev–Trinajstić information content (AvgIpc) is 2.64. The molecule has 29 heavy (non-hydrogen) atoms.